The second-order valence-corrected chi connectivity index (χ2v) is 9.66. The number of carbonyl (C=O) groups is 1. The van der Waals surface area contributed by atoms with Gasteiger partial charge in [-0.05, 0) is 23.8 Å². The van der Waals surface area contributed by atoms with Gasteiger partial charge in [-0.3, -0.25) is 14.9 Å². The number of hydrogen-bond donors (Lipinski definition) is 0. The van der Waals surface area contributed by atoms with E-state index in [9.17, 15) is 23.3 Å². The van der Waals surface area contributed by atoms with Crippen molar-refractivity contribution in [1.29, 1.82) is 0 Å². The van der Waals surface area contributed by atoms with Crippen molar-refractivity contribution in [2.75, 3.05) is 39.4 Å². The Hall–Kier alpha value is -2.89. The maximum atomic E-state index is 12.9. The van der Waals surface area contributed by atoms with Crippen LogP contribution in [0.5, 0.6) is 11.5 Å². The second kappa shape index (κ2) is 8.93. The van der Waals surface area contributed by atoms with Crippen molar-refractivity contribution in [2.24, 2.45) is 0 Å². The molecule has 0 unspecified atom stereocenters. The molecule has 170 valence electrons. The number of benzene rings is 2. The van der Waals surface area contributed by atoms with Crippen LogP contribution in [-0.2, 0) is 21.2 Å². The second-order valence-electron chi connectivity index (χ2n) is 7.32. The van der Waals surface area contributed by atoms with Gasteiger partial charge in [0, 0.05) is 38.3 Å². The third-order valence-electron chi connectivity index (χ3n) is 5.27. The fourth-order valence-corrected chi connectivity index (χ4v) is 5.39. The molecule has 12 heteroatoms. The van der Waals surface area contributed by atoms with Crippen LogP contribution in [-0.4, -0.2) is 67.8 Å². The number of ether oxygens (including phenoxy) is 2. The number of halogens is 1. The smallest absolute Gasteiger partial charge is 0.270 e. The van der Waals surface area contributed by atoms with Gasteiger partial charge in [0.15, 0.2) is 11.5 Å². The van der Waals surface area contributed by atoms with E-state index in [4.69, 9.17) is 21.1 Å². The highest BCUT2D eigenvalue weighted by Gasteiger charge is 2.31. The molecule has 2 aliphatic rings. The number of piperazine rings is 1. The molecule has 32 heavy (non-hydrogen) atoms. The van der Waals surface area contributed by atoms with Crippen molar-refractivity contribution in [3.8, 4) is 11.5 Å². The van der Waals surface area contributed by atoms with Gasteiger partial charge in [0.05, 0.1) is 21.3 Å². The lowest BCUT2D eigenvalue weighted by Crippen LogP contribution is -2.50. The van der Waals surface area contributed by atoms with Crippen LogP contribution in [0.1, 0.15) is 5.56 Å². The summed E-state index contributed by atoms with van der Waals surface area (Å²) in [6, 6.07) is 8.32. The minimum absolute atomic E-state index is 0.0913. The lowest BCUT2D eigenvalue weighted by Gasteiger charge is -2.34. The molecule has 0 N–H and O–H groups in total. The van der Waals surface area contributed by atoms with Crippen molar-refractivity contribution >= 4 is 33.2 Å². The molecule has 1 amide bonds. The number of fused-ring (bicyclic) bond motifs is 1. The van der Waals surface area contributed by atoms with Crippen molar-refractivity contribution in [2.45, 2.75) is 11.3 Å². The van der Waals surface area contributed by atoms with Crippen molar-refractivity contribution in [3.63, 3.8) is 0 Å². The Labute approximate surface area is 189 Å². The minimum Gasteiger partial charge on any atom is -0.486 e. The summed E-state index contributed by atoms with van der Waals surface area (Å²) >= 11 is 6.23. The predicted octanol–water partition coefficient (Wildman–Crippen LogP) is 2.09. The summed E-state index contributed by atoms with van der Waals surface area (Å²) in [6.07, 6.45) is 0.0913. The lowest BCUT2D eigenvalue weighted by atomic mass is 10.1. The van der Waals surface area contributed by atoms with Crippen molar-refractivity contribution < 1.29 is 27.6 Å². The van der Waals surface area contributed by atoms with Gasteiger partial charge < -0.3 is 14.4 Å². The standard InChI is InChI=1S/C20H20ClN3O7S/c21-17-10-14(11-18-20(17)31-9-8-30-18)12-19(25)22-4-6-23(7-5-22)32(28,29)16-3-1-2-15(13-16)24(26)27/h1-3,10-11,13H,4-9,12H2. The summed E-state index contributed by atoms with van der Waals surface area (Å²) in [6.45, 7) is 1.43. The lowest BCUT2D eigenvalue weighted by molar-refractivity contribution is -0.385. The first-order valence-corrected chi connectivity index (χ1v) is 11.7. The summed E-state index contributed by atoms with van der Waals surface area (Å²) in [4.78, 5) is 24.5. The Balaban J connectivity index is 1.40. The number of carbonyl (C=O) groups excluding carboxylic acids is 1. The Bertz CT molecular complexity index is 1160. The molecular weight excluding hydrogens is 462 g/mol. The van der Waals surface area contributed by atoms with E-state index in [2.05, 4.69) is 0 Å². The van der Waals surface area contributed by atoms with Crippen molar-refractivity contribution in [3.05, 3.63) is 57.1 Å². The molecule has 1 fully saturated rings. The van der Waals surface area contributed by atoms with Crippen LogP contribution in [0.3, 0.4) is 0 Å². The van der Waals surface area contributed by atoms with E-state index in [1.807, 2.05) is 0 Å². The van der Waals surface area contributed by atoms with E-state index in [0.717, 1.165) is 6.07 Å². The van der Waals surface area contributed by atoms with Crippen LogP contribution in [0, 0.1) is 10.1 Å². The molecule has 0 radical (unpaired) electrons. The summed E-state index contributed by atoms with van der Waals surface area (Å²) in [7, 11) is -3.90. The van der Waals surface area contributed by atoms with Crippen LogP contribution < -0.4 is 9.47 Å². The molecule has 0 aliphatic carbocycles. The molecule has 2 aromatic carbocycles. The number of rotatable bonds is 5. The molecule has 0 saturated carbocycles. The van der Waals surface area contributed by atoms with E-state index in [1.165, 1.54) is 22.5 Å². The summed E-state index contributed by atoms with van der Waals surface area (Å²) < 4.78 is 38.0. The van der Waals surface area contributed by atoms with Crippen LogP contribution in [0.2, 0.25) is 5.02 Å². The predicted molar refractivity (Wildman–Crippen MR) is 115 cm³/mol. The highest BCUT2D eigenvalue weighted by Crippen LogP contribution is 2.38. The Morgan fingerprint density at radius 3 is 2.53 bits per heavy atom. The number of nitrogens with zero attached hydrogens (tertiary/aromatic N) is 3. The fraction of sp³-hybridized carbons (Fsp3) is 0.350. The normalized spacial score (nSPS) is 16.6. The van der Waals surface area contributed by atoms with E-state index >= 15 is 0 Å². The molecule has 0 bridgehead atoms. The van der Waals surface area contributed by atoms with Gasteiger partial charge in [-0.25, -0.2) is 8.42 Å². The first-order chi connectivity index (χ1) is 15.3. The van der Waals surface area contributed by atoms with Crippen molar-refractivity contribution in [1.82, 2.24) is 9.21 Å². The maximum Gasteiger partial charge on any atom is 0.270 e. The quantitative estimate of drug-likeness (QED) is 0.473. The number of hydrogen-bond acceptors (Lipinski definition) is 7. The molecule has 0 spiro atoms. The third-order valence-corrected chi connectivity index (χ3v) is 7.44. The molecule has 10 nitrogen and oxygen atoms in total. The van der Waals surface area contributed by atoms with Crippen LogP contribution >= 0.6 is 11.6 Å². The van der Waals surface area contributed by atoms with E-state index < -0.39 is 14.9 Å². The van der Waals surface area contributed by atoms with E-state index in [1.54, 1.807) is 17.0 Å². The molecule has 2 aromatic rings. The molecule has 0 aromatic heterocycles. The number of nitro groups is 1. The zero-order valence-electron chi connectivity index (χ0n) is 16.9. The van der Waals surface area contributed by atoms with Gasteiger partial charge in [-0.15, -0.1) is 0 Å². The Morgan fingerprint density at radius 1 is 1.09 bits per heavy atom. The number of nitro benzene ring substituents is 1. The first kappa shape index (κ1) is 22.3. The molecule has 1 saturated heterocycles. The van der Waals surface area contributed by atoms with Gasteiger partial charge in [0.2, 0.25) is 15.9 Å². The number of sulfonamides is 1. The molecule has 2 heterocycles. The van der Waals surface area contributed by atoms with Gasteiger partial charge in [-0.2, -0.15) is 4.31 Å². The van der Waals surface area contributed by atoms with Crippen LogP contribution in [0.15, 0.2) is 41.3 Å². The summed E-state index contributed by atoms with van der Waals surface area (Å²) in [5.74, 6) is 0.804. The molecular formula is C20H20ClN3O7S. The number of non-ortho nitro benzene ring substituents is 1. The Morgan fingerprint density at radius 2 is 1.81 bits per heavy atom. The van der Waals surface area contributed by atoms with Gasteiger partial charge in [0.1, 0.15) is 13.2 Å². The molecule has 0 atom stereocenters. The van der Waals surface area contributed by atoms with Crippen LogP contribution in [0.25, 0.3) is 0 Å². The van der Waals surface area contributed by atoms with E-state index in [0.29, 0.717) is 35.3 Å². The van der Waals surface area contributed by atoms with E-state index in [-0.39, 0.29) is 49.1 Å². The molecule has 2 aliphatic heterocycles. The average molecular weight is 482 g/mol. The van der Waals surface area contributed by atoms with Gasteiger partial charge in [-0.1, -0.05) is 17.7 Å². The minimum atomic E-state index is -3.90. The Kier molecular flexibility index (Phi) is 6.22. The summed E-state index contributed by atoms with van der Waals surface area (Å²) in [5.41, 5.74) is 0.383. The zero-order valence-corrected chi connectivity index (χ0v) is 18.5. The number of amides is 1. The zero-order chi connectivity index (χ0) is 22.9. The topological polar surface area (TPSA) is 119 Å². The first-order valence-electron chi connectivity index (χ1n) is 9.86. The third kappa shape index (κ3) is 4.50. The SMILES string of the molecule is O=C(Cc1cc(Cl)c2c(c1)OCCO2)N1CCN(S(=O)(=O)c2cccc([N+](=O)[O-])c2)CC1. The largest absolute Gasteiger partial charge is 0.486 e. The highest BCUT2D eigenvalue weighted by molar-refractivity contribution is 7.89. The maximum absolute atomic E-state index is 12.9. The van der Waals surface area contributed by atoms with Crippen LogP contribution in [0.4, 0.5) is 5.69 Å². The highest BCUT2D eigenvalue weighted by atomic mass is 35.5. The summed E-state index contributed by atoms with van der Waals surface area (Å²) in [5, 5.41) is 11.3. The molecule has 4 rings (SSSR count). The van der Waals surface area contributed by atoms with Gasteiger partial charge in [0.25, 0.3) is 5.69 Å². The van der Waals surface area contributed by atoms with Gasteiger partial charge >= 0.3 is 0 Å². The fourth-order valence-electron chi connectivity index (χ4n) is 3.64. The monoisotopic (exact) mass is 481 g/mol. The average Bonchev–Trinajstić information content (AvgIpc) is 2.79.